The average Bonchev–Trinajstić information content (AvgIpc) is 1.53. The molecule has 0 bridgehead atoms. The predicted octanol–water partition coefficient (Wildman–Crippen LogP) is 8.90. The summed E-state index contributed by atoms with van der Waals surface area (Å²) >= 11 is 0. The zero-order chi connectivity index (χ0) is 64.2. The molecular formula is C66H71N7O17. The van der Waals surface area contributed by atoms with Gasteiger partial charge >= 0.3 is 42.0 Å². The number of methoxy groups -OCH3 is 1. The number of amides is 3. The molecule has 472 valence electrons. The largest absolute Gasteiger partial charge is 0.465 e. The van der Waals surface area contributed by atoms with Crippen LogP contribution >= 0.6 is 0 Å². The van der Waals surface area contributed by atoms with E-state index in [9.17, 15) is 38.4 Å². The molecule has 1 aliphatic heterocycles. The number of carbonyl (C=O) groups is 8. The topological polar surface area (TPSA) is 290 Å². The van der Waals surface area contributed by atoms with Crippen LogP contribution in [0.15, 0.2) is 109 Å². The minimum Gasteiger partial charge on any atom is -0.465 e. The molecule has 0 radical (unpaired) electrons. The first-order valence-electron chi connectivity index (χ1n) is 29.3. The zero-order valence-electron chi connectivity index (χ0n) is 51.2. The van der Waals surface area contributed by atoms with E-state index in [0.717, 1.165) is 86.3 Å². The molecular weight excluding hydrogens is 1160 g/mol. The number of fused-ring (bicyclic) bond motifs is 6. The van der Waals surface area contributed by atoms with Crippen LogP contribution in [0, 0.1) is 0 Å². The Kier molecular flexibility index (Phi) is 21.1. The molecule has 9 rings (SSSR count). The van der Waals surface area contributed by atoms with Crippen LogP contribution in [0.5, 0.6) is 5.75 Å². The van der Waals surface area contributed by atoms with Crippen LogP contribution in [0.3, 0.4) is 0 Å². The van der Waals surface area contributed by atoms with Crippen molar-refractivity contribution in [3.05, 3.63) is 148 Å². The normalized spacial score (nSPS) is 16.7. The number of rotatable bonds is 24. The average molecular weight is 1230 g/mol. The van der Waals surface area contributed by atoms with Crippen molar-refractivity contribution in [2.24, 2.45) is 0 Å². The second-order valence-corrected chi connectivity index (χ2v) is 21.9. The summed E-state index contributed by atoms with van der Waals surface area (Å²) in [5.74, 6) is -4.08. The number of imidazole rings is 1. The molecule has 3 N–H and O–H groups in total. The van der Waals surface area contributed by atoms with Crippen molar-refractivity contribution in [2.45, 2.75) is 117 Å². The Morgan fingerprint density at radius 3 is 1.98 bits per heavy atom. The van der Waals surface area contributed by atoms with Gasteiger partial charge in [0, 0.05) is 71.5 Å². The minimum absolute atomic E-state index is 0.0392. The fraction of sp³-hybridized carbons (Fsp3) is 0.364. The van der Waals surface area contributed by atoms with Crippen molar-refractivity contribution in [1.29, 1.82) is 0 Å². The Hall–Kier alpha value is -9.94. The number of aryl methyl sites for hydroxylation is 1. The van der Waals surface area contributed by atoms with Crippen LogP contribution in [0.25, 0.3) is 33.1 Å². The van der Waals surface area contributed by atoms with E-state index in [-0.39, 0.29) is 48.3 Å². The standard InChI is InChI=1S/C66H71N7O17/c1-9-10-19-55-70-57-58(73(55)33-42-22-20-41(21-23-42)32-72(6)7)49-26-25-44(63(79)82-8)31-51(49)69-62(57)71-66(81)84-34-43-24-27-53(89-64-61(88-40(5)77)60(87-39(4)76)59(86-38(3)75)54(90-64)36-83-37(2)74)52(30-43)68-56(78)28-29-67-65(80)85-35-50-47-17-13-11-15-45(47)46-16-12-14-18-48(46)50/h11-18,20-27,30-31,50,54,59-61,64H,9-10,19,28-29,32-36H2,1-8H3,(H,67,80)(H,68,78)(H,69,71,81)/t54?,59-,60?,61?,64+/m1/s1. The van der Waals surface area contributed by atoms with Crippen LogP contribution in [0.2, 0.25) is 0 Å². The highest BCUT2D eigenvalue weighted by atomic mass is 16.7. The molecule has 24 heteroatoms. The molecule has 0 saturated carbocycles. The number of hydrogen-bond donors (Lipinski definition) is 3. The zero-order valence-corrected chi connectivity index (χ0v) is 51.2. The Morgan fingerprint density at radius 2 is 1.32 bits per heavy atom. The summed E-state index contributed by atoms with van der Waals surface area (Å²) in [6.07, 6.45) is -7.48. The molecule has 7 aromatic rings. The van der Waals surface area contributed by atoms with Gasteiger partial charge in [0.1, 0.15) is 43.0 Å². The van der Waals surface area contributed by atoms with Crippen molar-refractivity contribution in [2.75, 3.05) is 51.6 Å². The Morgan fingerprint density at radius 1 is 0.667 bits per heavy atom. The summed E-state index contributed by atoms with van der Waals surface area (Å²) in [5.41, 5.74) is 8.20. The second kappa shape index (κ2) is 29.4. The lowest BCUT2D eigenvalue weighted by Gasteiger charge is -2.44. The van der Waals surface area contributed by atoms with Crippen LogP contribution in [-0.2, 0) is 88.0 Å². The quantitative estimate of drug-likeness (QED) is 0.0376. The Bertz CT molecular complexity index is 3780. The van der Waals surface area contributed by atoms with Crippen molar-refractivity contribution in [3.63, 3.8) is 0 Å². The van der Waals surface area contributed by atoms with E-state index in [2.05, 4.69) is 56.6 Å². The van der Waals surface area contributed by atoms with Crippen LogP contribution < -0.4 is 20.7 Å². The van der Waals surface area contributed by atoms with E-state index >= 15 is 0 Å². The molecule has 3 unspecified atom stereocenters. The number of pyridine rings is 1. The molecule has 1 saturated heterocycles. The first-order chi connectivity index (χ1) is 43.3. The summed E-state index contributed by atoms with van der Waals surface area (Å²) in [4.78, 5) is 116. The highest BCUT2D eigenvalue weighted by Gasteiger charge is 2.53. The SMILES string of the molecule is CCCCc1nc2c(NC(=O)OCc3ccc(O[C@H]4OC(COC(C)=O)[C@@H](OC(C)=O)C(OC(C)=O)C4OC(C)=O)c(NC(=O)CCNC(=O)OCC4c5ccccc5-c5ccccc54)c3)nc3cc(C(=O)OC)ccc3c2n1Cc1ccc(CN(C)C)cc1. The number of nitrogens with zero attached hydrogens (tertiary/aromatic N) is 4. The maximum Gasteiger partial charge on any atom is 0.413 e. The number of unbranched alkanes of at least 4 members (excludes halogenated alkanes) is 1. The van der Waals surface area contributed by atoms with Gasteiger partial charge in [0.2, 0.25) is 18.3 Å². The number of alkyl carbamates (subject to hydrolysis) is 1. The van der Waals surface area contributed by atoms with Crippen molar-refractivity contribution < 1.29 is 81.0 Å². The van der Waals surface area contributed by atoms with E-state index < -0.39 is 91.9 Å². The lowest BCUT2D eigenvalue weighted by atomic mass is 9.98. The van der Waals surface area contributed by atoms with Crippen molar-refractivity contribution >= 4 is 81.4 Å². The van der Waals surface area contributed by atoms with Gasteiger partial charge < -0.3 is 62.7 Å². The first-order valence-corrected chi connectivity index (χ1v) is 29.3. The van der Waals surface area contributed by atoms with Crippen molar-refractivity contribution in [3.8, 4) is 16.9 Å². The molecule has 5 aromatic carbocycles. The number of carbonyl (C=O) groups excluding carboxylic acids is 8. The lowest BCUT2D eigenvalue weighted by Crippen LogP contribution is -2.63. The molecule has 90 heavy (non-hydrogen) atoms. The Balaban J connectivity index is 0.987. The van der Waals surface area contributed by atoms with E-state index in [0.29, 0.717) is 40.5 Å². The molecule has 5 atom stereocenters. The van der Waals surface area contributed by atoms with Gasteiger partial charge in [-0.1, -0.05) is 92.2 Å². The number of anilines is 2. The highest BCUT2D eigenvalue weighted by molar-refractivity contribution is 6.10. The third-order valence-corrected chi connectivity index (χ3v) is 14.9. The van der Waals surface area contributed by atoms with E-state index in [4.69, 9.17) is 52.6 Å². The summed E-state index contributed by atoms with van der Waals surface area (Å²) in [6, 6.07) is 33.4. The van der Waals surface area contributed by atoms with E-state index in [1.165, 1.54) is 25.3 Å². The predicted molar refractivity (Wildman–Crippen MR) is 327 cm³/mol. The first kappa shape index (κ1) is 64.5. The van der Waals surface area contributed by atoms with Gasteiger partial charge in [-0.2, -0.15) is 0 Å². The molecule has 3 heterocycles. The summed E-state index contributed by atoms with van der Waals surface area (Å²) in [5, 5.41) is 8.86. The molecule has 3 amide bonds. The summed E-state index contributed by atoms with van der Waals surface area (Å²) in [6.45, 7) is 6.56. The van der Waals surface area contributed by atoms with E-state index in [1.54, 1.807) is 18.2 Å². The number of nitrogens with one attached hydrogen (secondary N) is 3. The van der Waals surface area contributed by atoms with Gasteiger partial charge in [-0.25, -0.2) is 24.4 Å². The van der Waals surface area contributed by atoms with Crippen molar-refractivity contribution in [1.82, 2.24) is 24.8 Å². The summed E-state index contributed by atoms with van der Waals surface area (Å²) in [7, 11) is 5.29. The molecule has 2 aliphatic rings. The van der Waals surface area contributed by atoms with Gasteiger partial charge in [-0.15, -0.1) is 0 Å². The maximum absolute atomic E-state index is 14.1. The van der Waals surface area contributed by atoms with Crippen LogP contribution in [0.4, 0.5) is 21.1 Å². The lowest BCUT2D eigenvalue weighted by molar-refractivity contribution is -0.288. The third-order valence-electron chi connectivity index (χ3n) is 14.9. The fourth-order valence-electron chi connectivity index (χ4n) is 11.0. The molecule has 24 nitrogen and oxygen atoms in total. The number of hydrogen-bond acceptors (Lipinski definition) is 20. The maximum atomic E-state index is 14.1. The summed E-state index contributed by atoms with van der Waals surface area (Å²) < 4.78 is 53.3. The third kappa shape index (κ3) is 15.8. The highest BCUT2D eigenvalue weighted by Crippen LogP contribution is 2.45. The molecule has 2 aromatic heterocycles. The Labute approximate surface area is 518 Å². The second-order valence-electron chi connectivity index (χ2n) is 21.9. The van der Waals surface area contributed by atoms with Gasteiger partial charge in [-0.05, 0) is 89.8 Å². The van der Waals surface area contributed by atoms with Gasteiger partial charge in [0.05, 0.1) is 29.4 Å². The van der Waals surface area contributed by atoms with Gasteiger partial charge in [0.25, 0.3) is 0 Å². The van der Waals surface area contributed by atoms with E-state index in [1.807, 2.05) is 62.6 Å². The number of esters is 5. The number of ether oxygens (including phenoxy) is 9. The van der Waals surface area contributed by atoms with Gasteiger partial charge in [-0.3, -0.25) is 29.3 Å². The fourth-order valence-corrected chi connectivity index (χ4v) is 11.0. The molecule has 0 spiro atoms. The minimum atomic E-state index is -1.71. The monoisotopic (exact) mass is 1230 g/mol. The van der Waals surface area contributed by atoms with Crippen LogP contribution in [-0.4, -0.2) is 139 Å². The van der Waals surface area contributed by atoms with Crippen LogP contribution in [0.1, 0.15) is 104 Å². The number of benzene rings is 5. The number of aromatic nitrogens is 3. The smallest absolute Gasteiger partial charge is 0.413 e. The molecule has 1 aliphatic carbocycles. The van der Waals surface area contributed by atoms with Gasteiger partial charge in [0.15, 0.2) is 18.0 Å². The molecule has 1 fully saturated rings.